The van der Waals surface area contributed by atoms with Crippen LogP contribution in [0.5, 0.6) is 0 Å². The molecule has 1 N–H and O–H groups in total. The number of hydrogen-bond acceptors (Lipinski definition) is 8. The molecule has 0 saturated carbocycles. The molecule has 0 aliphatic rings. The standard InChI is InChI=1S/C24H40N2O8Si/c1-6-30-22(27)19-21(23(28)31-7-2)26(24(29)25-20-15-12-11-13-16-20)17-14-18-35(32-8-3,33-9-4)34-10-5/h11-13,15-16,21H,6-10,14,17-19H2,1-5H3,(H,25,29). The van der Waals surface area contributed by atoms with Crippen LogP contribution in [0.25, 0.3) is 0 Å². The van der Waals surface area contributed by atoms with Gasteiger partial charge in [0.25, 0.3) is 0 Å². The van der Waals surface area contributed by atoms with Crippen LogP contribution in [0.4, 0.5) is 10.5 Å². The highest BCUT2D eigenvalue weighted by Crippen LogP contribution is 2.21. The number of nitrogens with zero attached hydrogens (tertiary/aromatic N) is 1. The monoisotopic (exact) mass is 512 g/mol. The summed E-state index contributed by atoms with van der Waals surface area (Å²) in [5.74, 6) is -1.27. The van der Waals surface area contributed by atoms with Crippen LogP contribution < -0.4 is 5.32 Å². The van der Waals surface area contributed by atoms with Gasteiger partial charge < -0.3 is 33.0 Å². The van der Waals surface area contributed by atoms with E-state index in [0.717, 1.165) is 0 Å². The first-order valence-electron chi connectivity index (χ1n) is 12.2. The number of urea groups is 1. The molecule has 0 heterocycles. The second-order valence-corrected chi connectivity index (χ2v) is 10.1. The largest absolute Gasteiger partial charge is 0.500 e. The SMILES string of the molecule is CCOC(=O)CC(C(=O)OCC)N(CCC[Si](OCC)(OCC)OCC)C(=O)Nc1ccccc1. The fourth-order valence-electron chi connectivity index (χ4n) is 3.52. The predicted molar refractivity (Wildman–Crippen MR) is 134 cm³/mol. The van der Waals surface area contributed by atoms with E-state index in [2.05, 4.69) is 5.32 Å². The normalized spacial score (nSPS) is 12.0. The van der Waals surface area contributed by atoms with Gasteiger partial charge in [-0.25, -0.2) is 9.59 Å². The maximum Gasteiger partial charge on any atom is 0.500 e. The van der Waals surface area contributed by atoms with Gasteiger partial charge in [-0.2, -0.15) is 0 Å². The number of ether oxygens (including phenoxy) is 2. The third-order valence-corrected chi connectivity index (χ3v) is 8.01. The summed E-state index contributed by atoms with van der Waals surface area (Å²) in [4.78, 5) is 39.7. The predicted octanol–water partition coefficient (Wildman–Crippen LogP) is 3.84. The van der Waals surface area contributed by atoms with Crippen molar-refractivity contribution in [1.29, 1.82) is 0 Å². The lowest BCUT2D eigenvalue weighted by Gasteiger charge is -2.32. The zero-order valence-electron chi connectivity index (χ0n) is 21.5. The van der Waals surface area contributed by atoms with E-state index < -0.39 is 32.8 Å². The average molecular weight is 513 g/mol. The van der Waals surface area contributed by atoms with Crippen LogP contribution in [-0.2, 0) is 32.3 Å². The fraction of sp³-hybridized carbons (Fsp3) is 0.625. The molecule has 1 atom stereocenters. The molecule has 10 nitrogen and oxygen atoms in total. The van der Waals surface area contributed by atoms with E-state index in [-0.39, 0.29) is 26.2 Å². The number of para-hydroxylation sites is 1. The third-order valence-electron chi connectivity index (χ3n) is 4.86. The molecule has 35 heavy (non-hydrogen) atoms. The number of carbonyl (C=O) groups is 3. The first-order chi connectivity index (χ1) is 16.9. The Balaban J connectivity index is 3.18. The number of carbonyl (C=O) groups excluding carboxylic acids is 3. The van der Waals surface area contributed by atoms with Crippen molar-refractivity contribution < 1.29 is 37.1 Å². The maximum atomic E-state index is 13.3. The quantitative estimate of drug-likeness (QED) is 0.247. The second kappa shape index (κ2) is 17.0. The molecule has 0 saturated heterocycles. The number of rotatable bonds is 17. The van der Waals surface area contributed by atoms with E-state index in [1.165, 1.54) is 4.90 Å². The van der Waals surface area contributed by atoms with Crippen molar-refractivity contribution in [3.63, 3.8) is 0 Å². The molecule has 0 aromatic heterocycles. The van der Waals surface area contributed by atoms with Gasteiger partial charge in [0.15, 0.2) is 0 Å². The van der Waals surface area contributed by atoms with Gasteiger partial charge in [0.2, 0.25) is 0 Å². The molecular weight excluding hydrogens is 472 g/mol. The summed E-state index contributed by atoms with van der Waals surface area (Å²) in [7, 11) is -2.96. The van der Waals surface area contributed by atoms with E-state index in [1.807, 2.05) is 26.8 Å². The van der Waals surface area contributed by atoms with Gasteiger partial charge in [-0.05, 0) is 53.2 Å². The highest BCUT2D eigenvalue weighted by molar-refractivity contribution is 6.60. The van der Waals surface area contributed by atoms with E-state index in [0.29, 0.717) is 38.0 Å². The Kier molecular flexibility index (Phi) is 14.9. The number of benzene rings is 1. The maximum absolute atomic E-state index is 13.3. The minimum absolute atomic E-state index is 0.112. The lowest BCUT2D eigenvalue weighted by atomic mass is 10.1. The highest BCUT2D eigenvalue weighted by Gasteiger charge is 2.41. The van der Waals surface area contributed by atoms with Gasteiger partial charge in [0.1, 0.15) is 6.04 Å². The van der Waals surface area contributed by atoms with E-state index in [4.69, 9.17) is 22.8 Å². The molecule has 0 spiro atoms. The molecule has 198 valence electrons. The smallest absolute Gasteiger partial charge is 0.466 e. The molecule has 2 amide bonds. The highest BCUT2D eigenvalue weighted by atomic mass is 28.4. The summed E-state index contributed by atoms with van der Waals surface area (Å²) in [6, 6.07) is 7.62. The van der Waals surface area contributed by atoms with Crippen molar-refractivity contribution >= 4 is 32.5 Å². The summed E-state index contributed by atoms with van der Waals surface area (Å²) >= 11 is 0. The van der Waals surface area contributed by atoms with Crippen LogP contribution in [0.3, 0.4) is 0 Å². The van der Waals surface area contributed by atoms with Crippen LogP contribution >= 0.6 is 0 Å². The van der Waals surface area contributed by atoms with Crippen LogP contribution in [0, 0.1) is 0 Å². The number of amides is 2. The number of hydrogen-bond donors (Lipinski definition) is 1. The Labute approximate surface area is 209 Å². The number of nitrogens with one attached hydrogen (secondary N) is 1. The van der Waals surface area contributed by atoms with Crippen LogP contribution in [0.15, 0.2) is 30.3 Å². The molecule has 0 aliphatic heterocycles. The Morgan fingerprint density at radius 1 is 0.857 bits per heavy atom. The van der Waals surface area contributed by atoms with Crippen molar-refractivity contribution in [2.45, 2.75) is 59.5 Å². The lowest BCUT2D eigenvalue weighted by molar-refractivity contribution is -0.155. The Morgan fingerprint density at radius 3 is 1.94 bits per heavy atom. The number of esters is 2. The minimum atomic E-state index is -2.96. The number of anilines is 1. The Morgan fingerprint density at radius 2 is 1.43 bits per heavy atom. The first-order valence-corrected chi connectivity index (χ1v) is 14.2. The van der Waals surface area contributed by atoms with Crippen LogP contribution in [-0.4, -0.2) is 77.3 Å². The average Bonchev–Trinajstić information content (AvgIpc) is 2.82. The molecule has 1 aromatic carbocycles. The zero-order valence-corrected chi connectivity index (χ0v) is 22.5. The molecule has 0 fully saturated rings. The molecule has 0 aliphatic carbocycles. The third kappa shape index (κ3) is 10.8. The zero-order chi connectivity index (χ0) is 26.1. The molecule has 0 radical (unpaired) electrons. The lowest BCUT2D eigenvalue weighted by Crippen LogP contribution is -2.50. The minimum Gasteiger partial charge on any atom is -0.466 e. The summed E-state index contributed by atoms with van der Waals surface area (Å²) in [6.45, 7) is 10.7. The molecule has 0 bridgehead atoms. The van der Waals surface area contributed by atoms with Crippen LogP contribution in [0.1, 0.15) is 47.5 Å². The first kappa shape index (κ1) is 30.6. The van der Waals surface area contributed by atoms with Gasteiger partial charge in [-0.1, -0.05) is 18.2 Å². The van der Waals surface area contributed by atoms with Gasteiger partial charge in [-0.3, -0.25) is 4.79 Å². The van der Waals surface area contributed by atoms with E-state index in [9.17, 15) is 14.4 Å². The summed E-state index contributed by atoms with van der Waals surface area (Å²) in [6.07, 6.45) is 0.104. The van der Waals surface area contributed by atoms with Gasteiger partial charge in [-0.15, -0.1) is 0 Å². The van der Waals surface area contributed by atoms with Gasteiger partial charge in [0.05, 0.1) is 19.6 Å². The van der Waals surface area contributed by atoms with Gasteiger partial charge in [0, 0.05) is 38.1 Å². The topological polar surface area (TPSA) is 113 Å². The summed E-state index contributed by atoms with van der Waals surface area (Å²) < 4.78 is 27.9. The van der Waals surface area contributed by atoms with Gasteiger partial charge >= 0.3 is 26.8 Å². The van der Waals surface area contributed by atoms with E-state index >= 15 is 0 Å². The van der Waals surface area contributed by atoms with Crippen molar-refractivity contribution in [2.24, 2.45) is 0 Å². The van der Waals surface area contributed by atoms with Crippen molar-refractivity contribution in [2.75, 3.05) is 44.9 Å². The van der Waals surface area contributed by atoms with Crippen molar-refractivity contribution in [3.8, 4) is 0 Å². The molecule has 1 aromatic rings. The van der Waals surface area contributed by atoms with Crippen LogP contribution in [0.2, 0.25) is 6.04 Å². The summed E-state index contributed by atoms with van der Waals surface area (Å²) in [5.41, 5.74) is 0.558. The van der Waals surface area contributed by atoms with Crippen molar-refractivity contribution in [3.05, 3.63) is 30.3 Å². The second-order valence-electron chi connectivity index (χ2n) is 7.35. The molecule has 11 heteroatoms. The molecular formula is C24H40N2O8Si. The fourth-order valence-corrected chi connectivity index (χ4v) is 6.11. The Bertz CT molecular complexity index is 748. The van der Waals surface area contributed by atoms with Crippen molar-refractivity contribution in [1.82, 2.24) is 4.90 Å². The molecule has 1 unspecified atom stereocenters. The van der Waals surface area contributed by atoms with E-state index in [1.54, 1.807) is 38.1 Å². The Hall–Kier alpha value is -2.47. The molecule has 1 rings (SSSR count). The summed E-state index contributed by atoms with van der Waals surface area (Å²) in [5, 5.41) is 2.79.